The molecule has 3 rings (SSSR count). The molecule has 0 aliphatic carbocycles. The van der Waals surface area contributed by atoms with Gasteiger partial charge in [0.25, 0.3) is 5.91 Å². The Morgan fingerprint density at radius 2 is 2.08 bits per heavy atom. The Labute approximate surface area is 143 Å². The van der Waals surface area contributed by atoms with Crippen molar-refractivity contribution in [1.29, 1.82) is 0 Å². The van der Waals surface area contributed by atoms with E-state index in [1.807, 2.05) is 13.0 Å². The molecule has 128 valence electrons. The molecular formula is C18H17N3O4. The predicted octanol–water partition coefficient (Wildman–Crippen LogP) is 2.69. The van der Waals surface area contributed by atoms with Crippen LogP contribution in [0.3, 0.4) is 0 Å². The van der Waals surface area contributed by atoms with E-state index in [-0.39, 0.29) is 23.8 Å². The molecule has 3 aromatic rings. The van der Waals surface area contributed by atoms with Crippen molar-refractivity contribution >= 4 is 34.4 Å². The Kier molecular flexibility index (Phi) is 4.38. The minimum absolute atomic E-state index is 0.00703. The molecule has 0 spiro atoms. The Balaban J connectivity index is 1.88. The molecule has 2 aromatic heterocycles. The van der Waals surface area contributed by atoms with E-state index in [0.717, 1.165) is 11.1 Å². The van der Waals surface area contributed by atoms with Gasteiger partial charge in [-0.2, -0.15) is 0 Å². The van der Waals surface area contributed by atoms with Crippen LogP contribution in [0.1, 0.15) is 21.7 Å². The number of benzene rings is 1. The molecule has 7 heteroatoms. The molecule has 0 unspecified atom stereocenters. The smallest absolute Gasteiger partial charge is 0.309 e. The van der Waals surface area contributed by atoms with Gasteiger partial charge in [0.2, 0.25) is 5.76 Å². The number of aryl methyl sites for hydroxylation is 1. The quantitative estimate of drug-likeness (QED) is 0.708. The second-order valence-electron chi connectivity index (χ2n) is 5.60. The number of hydrogen-bond acceptors (Lipinski definition) is 6. The maximum absolute atomic E-state index is 12.4. The van der Waals surface area contributed by atoms with Gasteiger partial charge >= 0.3 is 5.97 Å². The van der Waals surface area contributed by atoms with Crippen molar-refractivity contribution in [2.75, 3.05) is 18.2 Å². The van der Waals surface area contributed by atoms with Gasteiger partial charge in [-0.15, -0.1) is 0 Å². The first kappa shape index (κ1) is 16.5. The molecule has 0 fully saturated rings. The molecule has 0 saturated heterocycles. The summed E-state index contributed by atoms with van der Waals surface area (Å²) in [6.07, 6.45) is 1.77. The molecule has 1 aromatic carbocycles. The van der Waals surface area contributed by atoms with Crippen LogP contribution in [0.4, 0.5) is 11.5 Å². The lowest BCUT2D eigenvalue weighted by Crippen LogP contribution is -2.13. The first-order chi connectivity index (χ1) is 12.0. The number of esters is 1. The number of methoxy groups -OCH3 is 1. The fourth-order valence-electron chi connectivity index (χ4n) is 2.40. The van der Waals surface area contributed by atoms with Gasteiger partial charge in [-0.1, -0.05) is 12.1 Å². The maximum atomic E-state index is 12.4. The lowest BCUT2D eigenvalue weighted by Gasteiger charge is -2.03. The Hall–Kier alpha value is -3.35. The van der Waals surface area contributed by atoms with E-state index in [1.165, 1.54) is 7.11 Å². The number of pyridine rings is 1. The first-order valence-corrected chi connectivity index (χ1v) is 7.59. The Morgan fingerprint density at radius 1 is 1.28 bits per heavy atom. The number of carbonyl (C=O) groups excluding carboxylic acids is 2. The minimum atomic E-state index is -0.487. The SMILES string of the molecule is COC(=O)Cc1ccc2oc(C(=O)Nc3ccc(C)cn3)c(N)c2c1. The monoisotopic (exact) mass is 339 g/mol. The van der Waals surface area contributed by atoms with Gasteiger partial charge in [-0.05, 0) is 36.2 Å². The highest BCUT2D eigenvalue weighted by molar-refractivity contribution is 6.10. The van der Waals surface area contributed by atoms with Gasteiger partial charge in [0.15, 0.2) is 0 Å². The number of rotatable bonds is 4. The number of nitrogens with two attached hydrogens (primary N) is 1. The lowest BCUT2D eigenvalue weighted by atomic mass is 10.1. The molecule has 0 radical (unpaired) electrons. The van der Waals surface area contributed by atoms with Gasteiger partial charge in [0.05, 0.1) is 19.2 Å². The zero-order valence-corrected chi connectivity index (χ0v) is 13.8. The highest BCUT2D eigenvalue weighted by Crippen LogP contribution is 2.30. The number of nitrogens with zero attached hydrogens (tertiary/aromatic N) is 1. The average molecular weight is 339 g/mol. The van der Waals surface area contributed by atoms with E-state index >= 15 is 0 Å². The summed E-state index contributed by atoms with van der Waals surface area (Å²) in [5, 5.41) is 3.22. The van der Waals surface area contributed by atoms with Crippen LogP contribution < -0.4 is 11.1 Å². The third-order valence-corrected chi connectivity index (χ3v) is 3.73. The number of aromatic nitrogens is 1. The van der Waals surface area contributed by atoms with Crippen molar-refractivity contribution in [2.45, 2.75) is 13.3 Å². The topological polar surface area (TPSA) is 107 Å². The summed E-state index contributed by atoms with van der Waals surface area (Å²) in [7, 11) is 1.33. The van der Waals surface area contributed by atoms with Crippen LogP contribution in [0.2, 0.25) is 0 Å². The van der Waals surface area contributed by atoms with E-state index in [0.29, 0.717) is 16.8 Å². The van der Waals surface area contributed by atoms with Crippen molar-refractivity contribution in [3.8, 4) is 0 Å². The molecule has 0 aliphatic rings. The van der Waals surface area contributed by atoms with Gasteiger partial charge in [0.1, 0.15) is 11.4 Å². The summed E-state index contributed by atoms with van der Waals surface area (Å²) in [6.45, 7) is 1.90. The number of anilines is 2. The van der Waals surface area contributed by atoms with Gasteiger partial charge < -0.3 is 20.2 Å². The van der Waals surface area contributed by atoms with Crippen LogP contribution >= 0.6 is 0 Å². The van der Waals surface area contributed by atoms with Gasteiger partial charge in [0, 0.05) is 11.6 Å². The average Bonchev–Trinajstić information content (AvgIpc) is 2.93. The second-order valence-corrected chi connectivity index (χ2v) is 5.60. The van der Waals surface area contributed by atoms with Crippen molar-refractivity contribution < 1.29 is 18.7 Å². The Bertz CT molecular complexity index is 945. The largest absolute Gasteiger partial charge is 0.469 e. The molecule has 3 N–H and O–H groups in total. The highest BCUT2D eigenvalue weighted by atomic mass is 16.5. The number of nitrogens with one attached hydrogen (secondary N) is 1. The summed E-state index contributed by atoms with van der Waals surface area (Å²) in [5.74, 6) is -0.432. The number of nitrogen functional groups attached to an aromatic ring is 1. The number of amides is 1. The summed E-state index contributed by atoms with van der Waals surface area (Å²) in [5.41, 5.74) is 8.45. The molecule has 0 bridgehead atoms. The number of carbonyl (C=O) groups is 2. The third kappa shape index (κ3) is 3.45. The summed E-state index contributed by atoms with van der Waals surface area (Å²) in [4.78, 5) is 27.9. The number of furan rings is 1. The first-order valence-electron chi connectivity index (χ1n) is 7.59. The van der Waals surface area contributed by atoms with Crippen LogP contribution in [0, 0.1) is 6.92 Å². The Morgan fingerprint density at radius 3 is 2.76 bits per heavy atom. The normalized spacial score (nSPS) is 10.6. The maximum Gasteiger partial charge on any atom is 0.309 e. The van der Waals surface area contributed by atoms with Gasteiger partial charge in [-0.25, -0.2) is 4.98 Å². The molecule has 1 amide bonds. The zero-order valence-electron chi connectivity index (χ0n) is 13.8. The lowest BCUT2D eigenvalue weighted by molar-refractivity contribution is -0.139. The molecular weight excluding hydrogens is 322 g/mol. The van der Waals surface area contributed by atoms with Crippen LogP contribution in [-0.2, 0) is 16.0 Å². The second kappa shape index (κ2) is 6.64. The van der Waals surface area contributed by atoms with Crippen LogP contribution in [0.15, 0.2) is 40.9 Å². The zero-order chi connectivity index (χ0) is 18.0. The van der Waals surface area contributed by atoms with Crippen LogP contribution in [0.5, 0.6) is 0 Å². The van der Waals surface area contributed by atoms with E-state index in [2.05, 4.69) is 15.0 Å². The summed E-state index contributed by atoms with van der Waals surface area (Å²) in [6, 6.07) is 8.65. The number of hydrogen-bond donors (Lipinski definition) is 2. The molecule has 0 atom stereocenters. The molecule has 25 heavy (non-hydrogen) atoms. The molecule has 0 aliphatic heterocycles. The van der Waals surface area contributed by atoms with Crippen LogP contribution in [-0.4, -0.2) is 24.0 Å². The molecule has 2 heterocycles. The third-order valence-electron chi connectivity index (χ3n) is 3.73. The summed E-state index contributed by atoms with van der Waals surface area (Å²) >= 11 is 0. The van der Waals surface area contributed by atoms with Gasteiger partial charge in [-0.3, -0.25) is 9.59 Å². The van der Waals surface area contributed by atoms with Crippen molar-refractivity contribution in [3.05, 3.63) is 53.4 Å². The number of fused-ring (bicyclic) bond motifs is 1. The van der Waals surface area contributed by atoms with E-state index in [4.69, 9.17) is 10.2 Å². The summed E-state index contributed by atoms with van der Waals surface area (Å²) < 4.78 is 10.2. The number of ether oxygens (including phenoxy) is 1. The molecule has 7 nitrogen and oxygen atoms in total. The van der Waals surface area contributed by atoms with Crippen molar-refractivity contribution in [3.63, 3.8) is 0 Å². The van der Waals surface area contributed by atoms with Crippen molar-refractivity contribution in [2.24, 2.45) is 0 Å². The van der Waals surface area contributed by atoms with E-state index < -0.39 is 5.91 Å². The predicted molar refractivity (Wildman–Crippen MR) is 93.3 cm³/mol. The minimum Gasteiger partial charge on any atom is -0.469 e. The highest BCUT2D eigenvalue weighted by Gasteiger charge is 2.19. The van der Waals surface area contributed by atoms with E-state index in [1.54, 1.807) is 30.5 Å². The fourth-order valence-corrected chi connectivity index (χ4v) is 2.40. The fraction of sp³-hybridized carbons (Fsp3) is 0.167. The standard InChI is InChI=1S/C18H17N3O4/c1-10-3-6-14(20-9-10)21-18(23)17-16(19)12-7-11(8-15(22)24-2)4-5-13(12)25-17/h3-7,9H,8,19H2,1-2H3,(H,20,21,23). The molecule has 0 saturated carbocycles. The van der Waals surface area contributed by atoms with Crippen LogP contribution in [0.25, 0.3) is 11.0 Å². The van der Waals surface area contributed by atoms with Crippen molar-refractivity contribution in [1.82, 2.24) is 4.98 Å². The van der Waals surface area contributed by atoms with E-state index in [9.17, 15) is 9.59 Å².